The highest BCUT2D eigenvalue weighted by molar-refractivity contribution is 5.87. The Balaban J connectivity index is 1.88. The zero-order valence-corrected chi connectivity index (χ0v) is 10.6. The molecule has 0 radical (unpaired) electrons. The van der Waals surface area contributed by atoms with E-state index in [2.05, 4.69) is 4.90 Å². The van der Waals surface area contributed by atoms with Crippen LogP contribution in [0.1, 0.15) is 26.7 Å². The number of rotatable bonds is 3. The number of fused-ring (bicyclic) bond motifs is 1. The van der Waals surface area contributed by atoms with E-state index in [0.717, 1.165) is 19.5 Å². The van der Waals surface area contributed by atoms with Crippen LogP contribution in [0.4, 0.5) is 0 Å². The number of hydrogen-bond donors (Lipinski definition) is 1. The zero-order valence-electron chi connectivity index (χ0n) is 10.6. The lowest BCUT2D eigenvalue weighted by Crippen LogP contribution is -2.31. The quantitative estimate of drug-likeness (QED) is 0.588. The van der Waals surface area contributed by atoms with Gasteiger partial charge in [-0.25, -0.2) is 4.79 Å². The topological polar surface area (TPSA) is 49.8 Å². The lowest BCUT2D eigenvalue weighted by Gasteiger charge is -2.20. The SMILES string of the molecule is C/C=C(/C)C(=O)OC[C@@H]1C2CCCN2C[C@@H]1O. The van der Waals surface area contributed by atoms with Crippen LogP contribution in [0, 0.1) is 5.92 Å². The van der Waals surface area contributed by atoms with Crippen LogP contribution < -0.4 is 0 Å². The van der Waals surface area contributed by atoms with Gasteiger partial charge in [0.15, 0.2) is 0 Å². The van der Waals surface area contributed by atoms with Crippen molar-refractivity contribution in [2.24, 2.45) is 5.92 Å². The predicted molar refractivity (Wildman–Crippen MR) is 64.5 cm³/mol. The Morgan fingerprint density at radius 1 is 1.59 bits per heavy atom. The molecule has 2 fully saturated rings. The molecule has 0 aromatic carbocycles. The Labute approximate surface area is 102 Å². The Morgan fingerprint density at radius 3 is 3.06 bits per heavy atom. The van der Waals surface area contributed by atoms with Crippen LogP contribution in [-0.2, 0) is 9.53 Å². The molecule has 0 amide bonds. The summed E-state index contributed by atoms with van der Waals surface area (Å²) in [7, 11) is 0. The molecule has 1 unspecified atom stereocenters. The average molecular weight is 239 g/mol. The molecule has 4 heteroatoms. The number of carbonyl (C=O) groups is 1. The highest BCUT2D eigenvalue weighted by Gasteiger charge is 2.43. The molecule has 3 atom stereocenters. The Bertz CT molecular complexity index is 327. The standard InChI is InChI=1S/C13H21NO3/c1-3-9(2)13(16)17-8-10-11-5-4-6-14(11)7-12(10)15/h3,10-12,15H,4-8H2,1-2H3/b9-3-/t10-,11?,12+/m1/s1. The largest absolute Gasteiger partial charge is 0.462 e. The molecule has 0 aromatic heterocycles. The van der Waals surface area contributed by atoms with Gasteiger partial charge >= 0.3 is 5.97 Å². The van der Waals surface area contributed by atoms with Gasteiger partial charge in [-0.1, -0.05) is 6.08 Å². The first-order valence-corrected chi connectivity index (χ1v) is 6.35. The van der Waals surface area contributed by atoms with Crippen molar-refractivity contribution in [3.05, 3.63) is 11.6 Å². The maximum absolute atomic E-state index is 11.5. The third-order valence-corrected chi connectivity index (χ3v) is 3.99. The summed E-state index contributed by atoms with van der Waals surface area (Å²) in [4.78, 5) is 13.9. The maximum atomic E-state index is 11.5. The second-order valence-electron chi connectivity index (χ2n) is 5.01. The minimum Gasteiger partial charge on any atom is -0.462 e. The van der Waals surface area contributed by atoms with E-state index in [0.29, 0.717) is 18.2 Å². The van der Waals surface area contributed by atoms with Crippen molar-refractivity contribution in [2.45, 2.75) is 38.8 Å². The lowest BCUT2D eigenvalue weighted by atomic mass is 9.97. The van der Waals surface area contributed by atoms with E-state index in [1.807, 2.05) is 6.92 Å². The molecule has 2 aliphatic rings. The lowest BCUT2D eigenvalue weighted by molar-refractivity contribution is -0.141. The zero-order chi connectivity index (χ0) is 12.4. The van der Waals surface area contributed by atoms with Crippen molar-refractivity contribution < 1.29 is 14.6 Å². The molecule has 96 valence electrons. The molecule has 2 rings (SSSR count). The number of allylic oxidation sites excluding steroid dienone is 1. The van der Waals surface area contributed by atoms with Crippen LogP contribution in [0.15, 0.2) is 11.6 Å². The van der Waals surface area contributed by atoms with Crippen LogP contribution >= 0.6 is 0 Å². The van der Waals surface area contributed by atoms with Gasteiger partial charge in [0.1, 0.15) is 0 Å². The highest BCUT2D eigenvalue weighted by Crippen LogP contribution is 2.33. The van der Waals surface area contributed by atoms with Crippen LogP contribution in [-0.4, -0.2) is 47.8 Å². The van der Waals surface area contributed by atoms with Crippen molar-refractivity contribution >= 4 is 5.97 Å². The van der Waals surface area contributed by atoms with Gasteiger partial charge in [0.05, 0.1) is 12.7 Å². The summed E-state index contributed by atoms with van der Waals surface area (Å²) in [6.45, 7) is 5.71. The molecule has 0 saturated carbocycles. The first-order valence-electron chi connectivity index (χ1n) is 6.35. The number of ether oxygens (including phenoxy) is 1. The van der Waals surface area contributed by atoms with E-state index in [4.69, 9.17) is 4.74 Å². The molecule has 17 heavy (non-hydrogen) atoms. The summed E-state index contributed by atoms with van der Waals surface area (Å²) in [5.74, 6) is -0.178. The third-order valence-electron chi connectivity index (χ3n) is 3.99. The van der Waals surface area contributed by atoms with Gasteiger partial charge in [-0.05, 0) is 33.2 Å². The van der Waals surface area contributed by atoms with Crippen LogP contribution in [0.3, 0.4) is 0 Å². The Hall–Kier alpha value is -0.870. The fraction of sp³-hybridized carbons (Fsp3) is 0.769. The molecule has 4 nitrogen and oxygen atoms in total. The minimum absolute atomic E-state index is 0.0890. The van der Waals surface area contributed by atoms with E-state index >= 15 is 0 Å². The highest BCUT2D eigenvalue weighted by atomic mass is 16.5. The molecule has 1 N–H and O–H groups in total. The van der Waals surface area contributed by atoms with Gasteiger partial charge in [-0.15, -0.1) is 0 Å². The van der Waals surface area contributed by atoms with Crippen molar-refractivity contribution in [3.63, 3.8) is 0 Å². The number of nitrogens with zero attached hydrogens (tertiary/aromatic N) is 1. The normalized spacial score (nSPS) is 33.8. The number of esters is 1. The predicted octanol–water partition coefficient (Wildman–Crippen LogP) is 0.951. The van der Waals surface area contributed by atoms with Gasteiger partial charge < -0.3 is 9.84 Å². The van der Waals surface area contributed by atoms with Gasteiger partial charge in [0, 0.05) is 24.1 Å². The molecule has 2 heterocycles. The molecule has 0 bridgehead atoms. The fourth-order valence-corrected chi connectivity index (χ4v) is 2.82. The van der Waals surface area contributed by atoms with Gasteiger partial charge in [-0.3, -0.25) is 4.90 Å². The second kappa shape index (κ2) is 5.19. The fourth-order valence-electron chi connectivity index (χ4n) is 2.82. The maximum Gasteiger partial charge on any atom is 0.333 e. The monoisotopic (exact) mass is 239 g/mol. The summed E-state index contributed by atoms with van der Waals surface area (Å²) < 4.78 is 5.26. The van der Waals surface area contributed by atoms with E-state index < -0.39 is 0 Å². The van der Waals surface area contributed by atoms with Crippen molar-refractivity contribution in [2.75, 3.05) is 19.7 Å². The van der Waals surface area contributed by atoms with Crippen molar-refractivity contribution in [1.82, 2.24) is 4.90 Å². The molecule has 0 spiro atoms. The number of aliphatic hydroxyl groups is 1. The molecular formula is C13H21NO3. The molecule has 2 aliphatic heterocycles. The van der Waals surface area contributed by atoms with Crippen molar-refractivity contribution in [3.8, 4) is 0 Å². The smallest absolute Gasteiger partial charge is 0.333 e. The average Bonchev–Trinajstić information content (AvgIpc) is 2.86. The summed E-state index contributed by atoms with van der Waals surface area (Å²) in [6, 6.07) is 0.406. The van der Waals surface area contributed by atoms with Crippen LogP contribution in [0.25, 0.3) is 0 Å². The Kier molecular flexibility index (Phi) is 3.84. The number of hydrogen-bond acceptors (Lipinski definition) is 4. The summed E-state index contributed by atoms with van der Waals surface area (Å²) in [5, 5.41) is 9.96. The minimum atomic E-state index is -0.348. The number of carbonyl (C=O) groups excluding carboxylic acids is 1. The van der Waals surface area contributed by atoms with E-state index in [-0.39, 0.29) is 18.0 Å². The van der Waals surface area contributed by atoms with E-state index in [9.17, 15) is 9.90 Å². The Morgan fingerprint density at radius 2 is 2.35 bits per heavy atom. The first-order chi connectivity index (χ1) is 8.13. The third kappa shape index (κ3) is 2.53. The molecular weight excluding hydrogens is 218 g/mol. The summed E-state index contributed by atoms with van der Waals surface area (Å²) in [5.41, 5.74) is 0.626. The summed E-state index contributed by atoms with van der Waals surface area (Å²) in [6.07, 6.45) is 3.70. The number of aliphatic hydroxyl groups excluding tert-OH is 1. The van der Waals surface area contributed by atoms with E-state index in [1.54, 1.807) is 13.0 Å². The molecule has 0 aliphatic carbocycles. The first kappa shape index (κ1) is 12.6. The molecule has 0 aromatic rings. The van der Waals surface area contributed by atoms with E-state index in [1.165, 1.54) is 6.42 Å². The second-order valence-corrected chi connectivity index (χ2v) is 5.01. The van der Waals surface area contributed by atoms with Gasteiger partial charge in [-0.2, -0.15) is 0 Å². The van der Waals surface area contributed by atoms with Crippen LogP contribution in [0.5, 0.6) is 0 Å². The van der Waals surface area contributed by atoms with Crippen molar-refractivity contribution in [1.29, 1.82) is 0 Å². The van der Waals surface area contributed by atoms with Crippen LogP contribution in [0.2, 0.25) is 0 Å². The van der Waals surface area contributed by atoms with Gasteiger partial charge in [0.25, 0.3) is 0 Å². The molecule has 2 saturated heterocycles. The van der Waals surface area contributed by atoms with Gasteiger partial charge in [0.2, 0.25) is 0 Å². The summed E-state index contributed by atoms with van der Waals surface area (Å²) >= 11 is 0.